The number of hydrogen-bond acceptors (Lipinski definition) is 6. The average molecular weight is 499 g/mol. The predicted molar refractivity (Wildman–Crippen MR) is 114 cm³/mol. The van der Waals surface area contributed by atoms with E-state index in [1.165, 1.54) is 38.3 Å². The number of thioether (sulfide) groups is 1. The summed E-state index contributed by atoms with van der Waals surface area (Å²) in [7, 11) is 1.42. The number of hydrogen-bond donors (Lipinski definition) is 1. The zero-order chi connectivity index (χ0) is 25.2. The van der Waals surface area contributed by atoms with Crippen molar-refractivity contribution in [1.29, 1.82) is 0 Å². The van der Waals surface area contributed by atoms with Gasteiger partial charge in [0.25, 0.3) is 0 Å². The summed E-state index contributed by atoms with van der Waals surface area (Å²) in [5.41, 5.74) is -5.36. The maximum absolute atomic E-state index is 15.3. The van der Waals surface area contributed by atoms with Gasteiger partial charge in [-0.3, -0.25) is 4.79 Å². The van der Waals surface area contributed by atoms with E-state index < -0.39 is 62.8 Å². The molecule has 3 rings (SSSR count). The van der Waals surface area contributed by atoms with E-state index in [1.807, 2.05) is 0 Å². The van der Waals surface area contributed by atoms with Gasteiger partial charge in [0, 0.05) is 11.1 Å². The van der Waals surface area contributed by atoms with Gasteiger partial charge < -0.3 is 19.1 Å². The number of carbonyl (C=O) groups is 2. The number of carboxylic acid groups (broad SMARTS) is 1. The van der Waals surface area contributed by atoms with Crippen molar-refractivity contribution in [2.24, 2.45) is 0 Å². The maximum atomic E-state index is 15.3. The summed E-state index contributed by atoms with van der Waals surface area (Å²) < 4.78 is 68.1. The van der Waals surface area contributed by atoms with Crippen LogP contribution in [-0.2, 0) is 9.53 Å². The molecule has 34 heavy (non-hydrogen) atoms. The van der Waals surface area contributed by atoms with Crippen LogP contribution in [0.2, 0.25) is 0 Å². The predicted octanol–water partition coefficient (Wildman–Crippen LogP) is 4.32. The summed E-state index contributed by atoms with van der Waals surface area (Å²) >= 11 is 0.436. The lowest BCUT2D eigenvalue weighted by molar-refractivity contribution is -0.141. The number of methoxy groups -OCH3 is 1. The number of rotatable bonds is 8. The minimum Gasteiger partial charge on any atom is -0.497 e. The third kappa shape index (κ3) is 4.72. The van der Waals surface area contributed by atoms with E-state index in [-0.39, 0.29) is 11.5 Å². The number of fused-ring (bicyclic) bond motifs is 1. The first-order chi connectivity index (χ1) is 16.1. The van der Waals surface area contributed by atoms with Crippen molar-refractivity contribution in [1.82, 2.24) is 4.57 Å². The molecule has 0 saturated carbocycles. The molecular weight excluding hydrogens is 482 g/mol. The Hall–Kier alpha value is -3.54. The Morgan fingerprint density at radius 3 is 2.35 bits per heavy atom. The molecule has 0 aliphatic rings. The van der Waals surface area contributed by atoms with Gasteiger partial charge in [-0.1, -0.05) is 11.8 Å². The molecule has 0 amide bonds. The molecule has 0 aliphatic heterocycles. The van der Waals surface area contributed by atoms with Gasteiger partial charge in [0.1, 0.15) is 11.3 Å². The second kappa shape index (κ2) is 10.2. The number of carbonyl (C=O) groups excluding carboxylic acids is 1. The molecule has 0 aliphatic carbocycles. The van der Waals surface area contributed by atoms with Crippen LogP contribution in [0.15, 0.2) is 46.2 Å². The quantitative estimate of drug-likeness (QED) is 0.214. The molecule has 0 saturated heterocycles. The number of esters is 1. The van der Waals surface area contributed by atoms with E-state index in [0.29, 0.717) is 34.3 Å². The van der Waals surface area contributed by atoms with Gasteiger partial charge in [-0.25, -0.2) is 27.2 Å². The normalized spacial score (nSPS) is 12.9. The van der Waals surface area contributed by atoms with Crippen LogP contribution in [0.5, 0.6) is 5.75 Å². The second-order valence-corrected chi connectivity index (χ2v) is 7.97. The lowest BCUT2D eigenvalue weighted by Crippen LogP contribution is -2.31. The lowest BCUT2D eigenvalue weighted by Gasteiger charge is -2.23. The number of pyridine rings is 1. The van der Waals surface area contributed by atoms with Crippen LogP contribution in [0.25, 0.3) is 10.9 Å². The van der Waals surface area contributed by atoms with Gasteiger partial charge in [0.2, 0.25) is 5.43 Å². The van der Waals surface area contributed by atoms with Crippen LogP contribution in [0.1, 0.15) is 23.3 Å². The van der Waals surface area contributed by atoms with Gasteiger partial charge in [-0.2, -0.15) is 0 Å². The fourth-order valence-electron chi connectivity index (χ4n) is 3.20. The van der Waals surface area contributed by atoms with Gasteiger partial charge in [-0.15, -0.1) is 0 Å². The number of aromatic nitrogens is 1. The highest BCUT2D eigenvalue weighted by molar-refractivity contribution is 7.99. The standard InChI is InChI=1S/C22H17F4NO6S/c1-3-33-22(31)13-9-27(17-12(19(13)28)8-14(23)15(24)16(17)25)18(21(29)30)20(26)34-11-6-4-10(32-2)5-7-11/h4-9,18,20H,3H2,1-2H3,(H,29,30). The molecule has 2 aromatic carbocycles. The highest BCUT2D eigenvalue weighted by atomic mass is 32.2. The molecule has 180 valence electrons. The summed E-state index contributed by atoms with van der Waals surface area (Å²) in [5.74, 6) is -8.24. The Morgan fingerprint density at radius 1 is 1.15 bits per heavy atom. The Morgan fingerprint density at radius 2 is 1.79 bits per heavy atom. The Labute approximate surface area is 193 Å². The highest BCUT2D eigenvalue weighted by Crippen LogP contribution is 2.35. The van der Waals surface area contributed by atoms with Crippen LogP contribution < -0.4 is 10.2 Å². The molecule has 1 aromatic heterocycles. The zero-order valence-electron chi connectivity index (χ0n) is 17.7. The van der Waals surface area contributed by atoms with E-state index in [4.69, 9.17) is 9.47 Å². The molecule has 1 N–H and O–H groups in total. The van der Waals surface area contributed by atoms with Crippen molar-refractivity contribution < 1.29 is 41.7 Å². The number of benzene rings is 2. The minimum atomic E-state index is -2.32. The van der Waals surface area contributed by atoms with Crippen molar-refractivity contribution in [2.45, 2.75) is 23.4 Å². The highest BCUT2D eigenvalue weighted by Gasteiger charge is 2.35. The van der Waals surface area contributed by atoms with Crippen molar-refractivity contribution >= 4 is 34.6 Å². The lowest BCUT2D eigenvalue weighted by atomic mass is 10.1. The van der Waals surface area contributed by atoms with Crippen molar-refractivity contribution in [3.05, 3.63) is 69.8 Å². The Balaban J connectivity index is 2.24. The number of halogens is 4. The summed E-state index contributed by atoms with van der Waals surface area (Å²) in [6.07, 6.45) is 0.572. The second-order valence-electron chi connectivity index (χ2n) is 6.81. The van der Waals surface area contributed by atoms with Crippen LogP contribution >= 0.6 is 11.8 Å². The molecule has 0 bridgehead atoms. The maximum Gasteiger partial charge on any atom is 0.343 e. The third-order valence-corrected chi connectivity index (χ3v) is 5.78. The van der Waals surface area contributed by atoms with E-state index in [0.717, 1.165) is 0 Å². The molecule has 12 heteroatoms. The van der Waals surface area contributed by atoms with Crippen LogP contribution in [0, 0.1) is 17.5 Å². The summed E-state index contributed by atoms with van der Waals surface area (Å²) in [4.78, 5) is 37.3. The van der Waals surface area contributed by atoms with Gasteiger partial charge in [-0.05, 0) is 37.3 Å². The van der Waals surface area contributed by atoms with E-state index in [9.17, 15) is 32.7 Å². The molecule has 0 fully saturated rings. The fraction of sp³-hybridized carbons (Fsp3) is 0.227. The summed E-state index contributed by atoms with van der Waals surface area (Å²) in [6.45, 7) is 1.25. The summed E-state index contributed by atoms with van der Waals surface area (Å²) in [6, 6.07) is 3.95. The van der Waals surface area contributed by atoms with Gasteiger partial charge in [0.15, 0.2) is 29.0 Å². The van der Waals surface area contributed by atoms with E-state index in [1.54, 1.807) is 0 Å². The first-order valence-electron chi connectivity index (χ1n) is 9.67. The number of carboxylic acids is 1. The third-order valence-electron chi connectivity index (χ3n) is 4.76. The topological polar surface area (TPSA) is 94.8 Å². The number of ether oxygens (including phenoxy) is 2. The number of alkyl halides is 1. The molecule has 1 heterocycles. The molecule has 7 nitrogen and oxygen atoms in total. The van der Waals surface area contributed by atoms with Crippen molar-refractivity contribution in [3.8, 4) is 5.75 Å². The monoisotopic (exact) mass is 499 g/mol. The summed E-state index contributed by atoms with van der Waals surface area (Å²) in [5, 5.41) is 8.90. The molecule has 3 aromatic rings. The number of nitrogens with zero attached hydrogens (tertiary/aromatic N) is 1. The molecular formula is C22H17F4NO6S. The average Bonchev–Trinajstić information content (AvgIpc) is 2.79. The molecule has 0 radical (unpaired) electrons. The van der Waals surface area contributed by atoms with Crippen molar-refractivity contribution in [2.75, 3.05) is 13.7 Å². The van der Waals surface area contributed by atoms with Crippen molar-refractivity contribution in [3.63, 3.8) is 0 Å². The van der Waals surface area contributed by atoms with Gasteiger partial charge >= 0.3 is 11.9 Å². The van der Waals surface area contributed by atoms with Gasteiger partial charge in [0.05, 0.1) is 24.6 Å². The minimum absolute atomic E-state index is 0.177. The smallest absolute Gasteiger partial charge is 0.343 e. The van der Waals surface area contributed by atoms with Crippen LogP contribution in [0.3, 0.4) is 0 Å². The number of aliphatic carboxylic acids is 1. The first kappa shape index (κ1) is 25.1. The fourth-order valence-corrected chi connectivity index (χ4v) is 4.13. The molecule has 0 spiro atoms. The first-order valence-corrected chi connectivity index (χ1v) is 10.6. The Kier molecular flexibility index (Phi) is 7.50. The van der Waals surface area contributed by atoms with Crippen LogP contribution in [-0.4, -0.2) is 40.8 Å². The molecule has 2 atom stereocenters. The van der Waals surface area contributed by atoms with E-state index >= 15 is 4.39 Å². The van der Waals surface area contributed by atoms with Crippen LogP contribution in [0.4, 0.5) is 17.6 Å². The largest absolute Gasteiger partial charge is 0.497 e. The zero-order valence-corrected chi connectivity index (χ0v) is 18.5. The Bertz CT molecular complexity index is 1310. The van der Waals surface area contributed by atoms with E-state index in [2.05, 4.69) is 0 Å². The SMILES string of the molecule is CCOC(=O)c1cn(C(C(=O)O)C(F)Sc2ccc(OC)cc2)c2c(F)c(F)c(F)cc2c1=O. The molecule has 2 unspecified atom stereocenters.